The summed E-state index contributed by atoms with van der Waals surface area (Å²) >= 11 is 0. The van der Waals surface area contributed by atoms with Crippen LogP contribution in [0.1, 0.15) is 24.3 Å². The molecule has 1 aromatic heterocycles. The highest BCUT2D eigenvalue weighted by atomic mass is 16.2. The van der Waals surface area contributed by atoms with E-state index in [1.807, 2.05) is 33.0 Å². The lowest BCUT2D eigenvalue weighted by molar-refractivity contribution is 0.0942. The molecule has 1 amide bonds. The van der Waals surface area contributed by atoms with Crippen molar-refractivity contribution >= 4 is 16.8 Å². The van der Waals surface area contributed by atoms with Gasteiger partial charge in [-0.3, -0.25) is 14.3 Å². The Hall–Kier alpha value is -2.21. The number of para-hydroxylation sites is 1. The zero-order chi connectivity index (χ0) is 15.4. The first kappa shape index (κ1) is 15.2. The summed E-state index contributed by atoms with van der Waals surface area (Å²) in [7, 11) is 1.81. The molecular formula is C15H20N4O2. The van der Waals surface area contributed by atoms with Gasteiger partial charge < -0.3 is 10.6 Å². The van der Waals surface area contributed by atoms with E-state index in [-0.39, 0.29) is 17.2 Å². The van der Waals surface area contributed by atoms with Crippen molar-refractivity contribution in [2.24, 2.45) is 0 Å². The van der Waals surface area contributed by atoms with Gasteiger partial charge in [0.25, 0.3) is 5.91 Å². The third-order valence-electron chi connectivity index (χ3n) is 3.44. The van der Waals surface area contributed by atoms with Crippen LogP contribution < -0.4 is 16.1 Å². The van der Waals surface area contributed by atoms with E-state index in [1.54, 1.807) is 16.8 Å². The number of nitrogens with one attached hydrogen (secondary N) is 2. The molecule has 0 bridgehead atoms. The summed E-state index contributed by atoms with van der Waals surface area (Å²) in [5, 5.41) is 10.5. The summed E-state index contributed by atoms with van der Waals surface area (Å²) < 4.78 is 1.67. The lowest BCUT2D eigenvalue weighted by Gasteiger charge is -2.12. The summed E-state index contributed by atoms with van der Waals surface area (Å²) in [4.78, 5) is 24.6. The molecule has 6 nitrogen and oxygen atoms in total. The molecule has 1 aromatic carbocycles. The Labute approximate surface area is 123 Å². The van der Waals surface area contributed by atoms with Gasteiger partial charge in [0.05, 0.1) is 5.52 Å². The molecule has 0 radical (unpaired) electrons. The first-order chi connectivity index (χ1) is 10.1. The monoisotopic (exact) mass is 288 g/mol. The number of likely N-dealkylation sites (N-methyl/N-ethyl adjacent to an activating group) is 1. The average Bonchev–Trinajstić information content (AvgIpc) is 2.52. The first-order valence-electron chi connectivity index (χ1n) is 7.03. The van der Waals surface area contributed by atoms with Gasteiger partial charge in [-0.15, -0.1) is 0 Å². The van der Waals surface area contributed by atoms with E-state index in [2.05, 4.69) is 15.7 Å². The fourth-order valence-electron chi connectivity index (χ4n) is 2.06. The van der Waals surface area contributed by atoms with Gasteiger partial charge in [-0.2, -0.15) is 5.10 Å². The van der Waals surface area contributed by atoms with Crippen LogP contribution in [0.5, 0.6) is 0 Å². The number of carbonyl (C=O) groups excluding carboxylic acids is 1. The molecule has 1 atom stereocenters. The molecule has 2 rings (SSSR count). The highest BCUT2D eigenvalue weighted by molar-refractivity contribution is 5.95. The van der Waals surface area contributed by atoms with Crippen LogP contribution in [0.15, 0.2) is 29.1 Å². The number of aromatic nitrogens is 2. The number of rotatable bonds is 5. The molecule has 0 aliphatic rings. The second-order valence-electron chi connectivity index (χ2n) is 4.91. The second kappa shape index (κ2) is 6.49. The van der Waals surface area contributed by atoms with Gasteiger partial charge in [0, 0.05) is 24.5 Å². The van der Waals surface area contributed by atoms with Gasteiger partial charge in [-0.05, 0) is 33.0 Å². The number of hydrogen-bond acceptors (Lipinski definition) is 4. The van der Waals surface area contributed by atoms with Gasteiger partial charge in [0.2, 0.25) is 5.43 Å². The average molecular weight is 288 g/mol. The molecule has 0 fully saturated rings. The molecule has 21 heavy (non-hydrogen) atoms. The minimum absolute atomic E-state index is 0.0566. The second-order valence-corrected chi connectivity index (χ2v) is 4.91. The minimum Gasteiger partial charge on any atom is -0.349 e. The number of benzene rings is 1. The number of amides is 1. The summed E-state index contributed by atoms with van der Waals surface area (Å²) in [6.45, 7) is 4.90. The van der Waals surface area contributed by atoms with E-state index < -0.39 is 5.91 Å². The third kappa shape index (κ3) is 3.11. The van der Waals surface area contributed by atoms with Crippen LogP contribution in [-0.4, -0.2) is 35.3 Å². The maximum Gasteiger partial charge on any atom is 0.275 e. The van der Waals surface area contributed by atoms with Crippen LogP contribution in [0.25, 0.3) is 10.9 Å². The van der Waals surface area contributed by atoms with Crippen molar-refractivity contribution in [2.75, 3.05) is 13.6 Å². The number of aryl methyl sites for hydroxylation is 1. The zero-order valence-corrected chi connectivity index (χ0v) is 12.5. The number of carbonyl (C=O) groups is 1. The summed E-state index contributed by atoms with van der Waals surface area (Å²) in [6.07, 6.45) is 0. The number of hydrogen-bond donors (Lipinski definition) is 2. The first-order valence-corrected chi connectivity index (χ1v) is 7.03. The number of nitrogens with zero attached hydrogens (tertiary/aromatic N) is 2. The molecule has 0 saturated heterocycles. The van der Waals surface area contributed by atoms with E-state index in [4.69, 9.17) is 0 Å². The predicted molar refractivity (Wildman–Crippen MR) is 82.5 cm³/mol. The Kier molecular flexibility index (Phi) is 4.70. The Morgan fingerprint density at radius 2 is 2.10 bits per heavy atom. The highest BCUT2D eigenvalue weighted by Gasteiger charge is 2.17. The van der Waals surface area contributed by atoms with Gasteiger partial charge in [-0.1, -0.05) is 12.1 Å². The standard InChI is InChI=1S/C15H20N4O2/c1-4-19-12-8-6-5-7-11(12)14(20)13(18-19)15(21)17-9-10(2)16-3/h5-8,10,16H,4,9H2,1-3H3,(H,17,21). The Morgan fingerprint density at radius 3 is 2.76 bits per heavy atom. The summed E-state index contributed by atoms with van der Waals surface area (Å²) in [6, 6.07) is 7.32. The van der Waals surface area contributed by atoms with E-state index in [1.165, 1.54) is 0 Å². The van der Waals surface area contributed by atoms with Gasteiger partial charge in [0.15, 0.2) is 5.69 Å². The largest absolute Gasteiger partial charge is 0.349 e. The smallest absolute Gasteiger partial charge is 0.275 e. The van der Waals surface area contributed by atoms with Crippen molar-refractivity contribution in [3.63, 3.8) is 0 Å². The van der Waals surface area contributed by atoms with Crippen LogP contribution in [0.4, 0.5) is 0 Å². The maximum absolute atomic E-state index is 12.4. The molecule has 1 heterocycles. The molecule has 1 unspecified atom stereocenters. The van der Waals surface area contributed by atoms with Crippen LogP contribution in [0.3, 0.4) is 0 Å². The lowest BCUT2D eigenvalue weighted by atomic mass is 10.2. The molecule has 0 saturated carbocycles. The van der Waals surface area contributed by atoms with Crippen molar-refractivity contribution in [1.82, 2.24) is 20.4 Å². The molecule has 0 aliphatic heterocycles. The fourth-order valence-corrected chi connectivity index (χ4v) is 2.06. The van der Waals surface area contributed by atoms with Crippen molar-refractivity contribution in [3.8, 4) is 0 Å². The SMILES string of the molecule is CCn1nc(C(=O)NCC(C)NC)c(=O)c2ccccc21. The highest BCUT2D eigenvalue weighted by Crippen LogP contribution is 2.09. The molecular weight excluding hydrogens is 268 g/mol. The molecule has 0 spiro atoms. The minimum atomic E-state index is -0.435. The molecule has 2 N–H and O–H groups in total. The Balaban J connectivity index is 2.42. The van der Waals surface area contributed by atoms with Crippen LogP contribution in [-0.2, 0) is 6.54 Å². The van der Waals surface area contributed by atoms with Crippen LogP contribution in [0, 0.1) is 0 Å². The molecule has 2 aromatic rings. The van der Waals surface area contributed by atoms with Crippen LogP contribution >= 0.6 is 0 Å². The van der Waals surface area contributed by atoms with E-state index in [9.17, 15) is 9.59 Å². The third-order valence-corrected chi connectivity index (χ3v) is 3.44. The van der Waals surface area contributed by atoms with Crippen molar-refractivity contribution in [2.45, 2.75) is 26.4 Å². The van der Waals surface area contributed by atoms with E-state index in [0.29, 0.717) is 18.5 Å². The lowest BCUT2D eigenvalue weighted by Crippen LogP contribution is -2.39. The van der Waals surface area contributed by atoms with Crippen molar-refractivity contribution in [3.05, 3.63) is 40.2 Å². The van der Waals surface area contributed by atoms with Crippen molar-refractivity contribution < 1.29 is 4.79 Å². The van der Waals surface area contributed by atoms with Gasteiger partial charge >= 0.3 is 0 Å². The zero-order valence-electron chi connectivity index (χ0n) is 12.5. The number of fused-ring (bicyclic) bond motifs is 1. The van der Waals surface area contributed by atoms with Crippen LogP contribution in [0.2, 0.25) is 0 Å². The van der Waals surface area contributed by atoms with Gasteiger partial charge in [0.1, 0.15) is 0 Å². The maximum atomic E-state index is 12.4. The fraction of sp³-hybridized carbons (Fsp3) is 0.400. The molecule has 112 valence electrons. The van der Waals surface area contributed by atoms with E-state index in [0.717, 1.165) is 5.52 Å². The quantitative estimate of drug-likeness (QED) is 0.851. The molecule has 6 heteroatoms. The summed E-state index contributed by atoms with van der Waals surface area (Å²) in [5.74, 6) is -0.435. The predicted octanol–water partition coefficient (Wildman–Crippen LogP) is 0.754. The van der Waals surface area contributed by atoms with Gasteiger partial charge in [-0.25, -0.2) is 0 Å². The van der Waals surface area contributed by atoms with E-state index >= 15 is 0 Å². The topological polar surface area (TPSA) is 76.0 Å². The Morgan fingerprint density at radius 1 is 1.38 bits per heavy atom. The normalized spacial score (nSPS) is 12.3. The Bertz CT molecular complexity index is 708. The van der Waals surface area contributed by atoms with Crippen molar-refractivity contribution in [1.29, 1.82) is 0 Å². The summed E-state index contributed by atoms with van der Waals surface area (Å²) in [5.41, 5.74) is 0.355. The molecule has 0 aliphatic carbocycles.